The molecule has 12 heavy (non-hydrogen) atoms. The lowest BCUT2D eigenvalue weighted by Gasteiger charge is -2.37. The van der Waals surface area contributed by atoms with Gasteiger partial charge in [-0.2, -0.15) is 0 Å². The van der Waals surface area contributed by atoms with Crippen molar-refractivity contribution in [2.45, 2.75) is 46.0 Å². The molecule has 0 aromatic carbocycles. The molecule has 1 aliphatic rings. The summed E-state index contributed by atoms with van der Waals surface area (Å²) in [6.45, 7) is 10.3. The van der Waals surface area contributed by atoms with E-state index in [0.717, 1.165) is 12.0 Å². The van der Waals surface area contributed by atoms with Crippen LogP contribution < -0.4 is 0 Å². The van der Waals surface area contributed by atoms with E-state index in [4.69, 9.17) is 4.74 Å². The molecule has 0 radical (unpaired) electrons. The first-order valence-corrected chi connectivity index (χ1v) is 4.42. The Hall–Kier alpha value is -0.340. The van der Waals surface area contributed by atoms with Gasteiger partial charge in [0.2, 0.25) is 0 Å². The van der Waals surface area contributed by atoms with Crippen LogP contribution in [0.2, 0.25) is 0 Å². The van der Waals surface area contributed by atoms with Crippen LogP contribution in [0.15, 0.2) is 12.2 Å². The Kier molecular flexibility index (Phi) is 2.59. The average Bonchev–Trinajstić information content (AvgIpc) is 1.92. The van der Waals surface area contributed by atoms with E-state index < -0.39 is 6.29 Å². The average molecular weight is 170 g/mol. The number of hydrogen-bond donors (Lipinski definition) is 1. The Morgan fingerprint density at radius 2 is 2.08 bits per heavy atom. The Labute approximate surface area is 74.2 Å². The van der Waals surface area contributed by atoms with E-state index in [1.54, 1.807) is 0 Å². The highest BCUT2D eigenvalue weighted by Crippen LogP contribution is 2.34. The molecule has 1 N–H and O–H groups in total. The van der Waals surface area contributed by atoms with Crippen LogP contribution in [0.1, 0.15) is 33.6 Å². The van der Waals surface area contributed by atoms with Gasteiger partial charge in [-0.25, -0.2) is 0 Å². The molecule has 1 rings (SSSR count). The standard InChI is InChI=1S/C10H18O2/c1-7-5-6-8(11)12-9(7)10(2,3)4/h8-9,11H,1,5-6H2,2-4H3. The normalized spacial score (nSPS) is 32.2. The SMILES string of the molecule is C=C1CCC(O)OC1C(C)(C)C. The van der Waals surface area contributed by atoms with Crippen molar-refractivity contribution >= 4 is 0 Å². The summed E-state index contributed by atoms with van der Waals surface area (Å²) < 4.78 is 5.42. The van der Waals surface area contributed by atoms with Crippen molar-refractivity contribution in [2.75, 3.05) is 0 Å². The van der Waals surface area contributed by atoms with Gasteiger partial charge >= 0.3 is 0 Å². The first-order valence-electron chi connectivity index (χ1n) is 4.42. The Bertz CT molecular complexity index is 179. The zero-order valence-electron chi connectivity index (χ0n) is 8.13. The first-order chi connectivity index (χ1) is 5.41. The molecule has 0 aromatic heterocycles. The van der Waals surface area contributed by atoms with Crippen LogP contribution >= 0.6 is 0 Å². The molecule has 0 aromatic rings. The molecule has 2 atom stereocenters. The summed E-state index contributed by atoms with van der Waals surface area (Å²) in [6, 6.07) is 0. The van der Waals surface area contributed by atoms with Crippen LogP contribution in [0, 0.1) is 5.41 Å². The van der Waals surface area contributed by atoms with E-state index in [0.29, 0.717) is 6.42 Å². The van der Waals surface area contributed by atoms with E-state index in [2.05, 4.69) is 27.4 Å². The summed E-state index contributed by atoms with van der Waals surface area (Å²) in [5.74, 6) is 0. The van der Waals surface area contributed by atoms with Crippen LogP contribution in [0.3, 0.4) is 0 Å². The van der Waals surface area contributed by atoms with Crippen molar-refractivity contribution in [3.8, 4) is 0 Å². The molecular formula is C10H18O2. The highest BCUT2D eigenvalue weighted by Gasteiger charge is 2.33. The predicted octanol–water partition coefficient (Wildman–Crippen LogP) is 2.09. The van der Waals surface area contributed by atoms with Gasteiger partial charge in [-0.05, 0) is 17.4 Å². The predicted molar refractivity (Wildman–Crippen MR) is 48.7 cm³/mol. The van der Waals surface area contributed by atoms with Gasteiger partial charge in [0, 0.05) is 6.42 Å². The minimum atomic E-state index is -0.597. The van der Waals surface area contributed by atoms with E-state index in [-0.39, 0.29) is 11.5 Å². The highest BCUT2D eigenvalue weighted by atomic mass is 16.6. The van der Waals surface area contributed by atoms with Gasteiger partial charge in [0.1, 0.15) is 0 Å². The number of ether oxygens (including phenoxy) is 1. The Morgan fingerprint density at radius 3 is 2.50 bits per heavy atom. The molecule has 0 aliphatic carbocycles. The van der Waals surface area contributed by atoms with E-state index in [9.17, 15) is 5.11 Å². The zero-order chi connectivity index (χ0) is 9.35. The minimum Gasteiger partial charge on any atom is -0.368 e. The summed E-state index contributed by atoms with van der Waals surface area (Å²) >= 11 is 0. The molecule has 2 unspecified atom stereocenters. The van der Waals surface area contributed by atoms with E-state index >= 15 is 0 Å². The molecule has 70 valence electrons. The summed E-state index contributed by atoms with van der Waals surface area (Å²) in [4.78, 5) is 0. The van der Waals surface area contributed by atoms with Gasteiger partial charge in [-0.3, -0.25) is 0 Å². The van der Waals surface area contributed by atoms with Crippen molar-refractivity contribution < 1.29 is 9.84 Å². The van der Waals surface area contributed by atoms with Gasteiger partial charge in [-0.15, -0.1) is 0 Å². The monoisotopic (exact) mass is 170 g/mol. The lowest BCUT2D eigenvalue weighted by atomic mass is 9.82. The Morgan fingerprint density at radius 1 is 1.50 bits per heavy atom. The third-order valence-corrected chi connectivity index (χ3v) is 2.16. The summed E-state index contributed by atoms with van der Waals surface area (Å²) in [5, 5.41) is 9.30. The topological polar surface area (TPSA) is 29.5 Å². The quantitative estimate of drug-likeness (QED) is 0.564. The third kappa shape index (κ3) is 2.08. The first kappa shape index (κ1) is 9.75. The Balaban J connectivity index is 2.68. The van der Waals surface area contributed by atoms with Crippen LogP contribution in [-0.4, -0.2) is 17.5 Å². The number of rotatable bonds is 0. The molecule has 0 bridgehead atoms. The molecule has 0 amide bonds. The molecule has 2 nitrogen and oxygen atoms in total. The largest absolute Gasteiger partial charge is 0.368 e. The molecule has 2 heteroatoms. The van der Waals surface area contributed by atoms with Crippen LogP contribution in [-0.2, 0) is 4.74 Å². The fourth-order valence-electron chi connectivity index (χ4n) is 1.58. The molecule has 1 saturated heterocycles. The second kappa shape index (κ2) is 3.19. The minimum absolute atomic E-state index is 0.00116. The van der Waals surface area contributed by atoms with E-state index in [1.165, 1.54) is 0 Å². The number of hydrogen-bond acceptors (Lipinski definition) is 2. The maximum absolute atomic E-state index is 9.30. The maximum Gasteiger partial charge on any atom is 0.155 e. The molecule has 0 spiro atoms. The van der Waals surface area contributed by atoms with Crippen LogP contribution in [0.25, 0.3) is 0 Å². The fourth-order valence-corrected chi connectivity index (χ4v) is 1.58. The lowest BCUT2D eigenvalue weighted by Crippen LogP contribution is -2.38. The van der Waals surface area contributed by atoms with Crippen molar-refractivity contribution in [3.05, 3.63) is 12.2 Å². The van der Waals surface area contributed by atoms with Crippen molar-refractivity contribution in [1.82, 2.24) is 0 Å². The van der Waals surface area contributed by atoms with Gasteiger partial charge in [0.15, 0.2) is 6.29 Å². The third-order valence-electron chi connectivity index (χ3n) is 2.16. The maximum atomic E-state index is 9.30. The lowest BCUT2D eigenvalue weighted by molar-refractivity contribution is -0.168. The fraction of sp³-hybridized carbons (Fsp3) is 0.800. The summed E-state index contributed by atoms with van der Waals surface area (Å²) in [7, 11) is 0. The van der Waals surface area contributed by atoms with Crippen molar-refractivity contribution in [2.24, 2.45) is 5.41 Å². The molecule has 1 aliphatic heterocycles. The second-order valence-electron chi connectivity index (χ2n) is 4.53. The van der Waals surface area contributed by atoms with Crippen molar-refractivity contribution in [1.29, 1.82) is 0 Å². The number of aliphatic hydroxyl groups excluding tert-OH is 1. The second-order valence-corrected chi connectivity index (χ2v) is 4.53. The van der Waals surface area contributed by atoms with Gasteiger partial charge < -0.3 is 9.84 Å². The van der Waals surface area contributed by atoms with E-state index in [1.807, 2.05) is 0 Å². The molecule has 1 fully saturated rings. The van der Waals surface area contributed by atoms with Crippen LogP contribution in [0.5, 0.6) is 0 Å². The number of aliphatic hydroxyl groups is 1. The van der Waals surface area contributed by atoms with Gasteiger partial charge in [0.05, 0.1) is 6.10 Å². The van der Waals surface area contributed by atoms with Crippen LogP contribution in [0.4, 0.5) is 0 Å². The smallest absolute Gasteiger partial charge is 0.155 e. The van der Waals surface area contributed by atoms with Gasteiger partial charge in [0.25, 0.3) is 0 Å². The molecular weight excluding hydrogens is 152 g/mol. The molecule has 0 saturated carbocycles. The summed E-state index contributed by atoms with van der Waals surface area (Å²) in [5.41, 5.74) is 1.14. The van der Waals surface area contributed by atoms with Crippen molar-refractivity contribution in [3.63, 3.8) is 0 Å². The van der Waals surface area contributed by atoms with Gasteiger partial charge in [-0.1, -0.05) is 27.4 Å². The molecule has 1 heterocycles. The highest BCUT2D eigenvalue weighted by molar-refractivity contribution is 5.09. The zero-order valence-corrected chi connectivity index (χ0v) is 8.13. The summed E-state index contributed by atoms with van der Waals surface area (Å²) in [6.07, 6.45) is 0.968.